The number of aromatic nitrogens is 2. The number of nitrogens with one attached hydrogen (secondary N) is 1. The van der Waals surface area contributed by atoms with Gasteiger partial charge >= 0.3 is 0 Å². The second-order valence-electron chi connectivity index (χ2n) is 7.13. The Kier molecular flexibility index (Phi) is 6.51. The summed E-state index contributed by atoms with van der Waals surface area (Å²) in [7, 11) is 0. The molecule has 2 aliphatic rings. The molecule has 1 amide bonds. The third kappa shape index (κ3) is 4.87. The largest absolute Gasteiger partial charge is 0.381 e. The van der Waals surface area contributed by atoms with Gasteiger partial charge in [0.05, 0.1) is 30.8 Å². The Morgan fingerprint density at radius 1 is 1.11 bits per heavy atom. The number of anilines is 2. The van der Waals surface area contributed by atoms with Crippen LogP contribution in [0.1, 0.15) is 47.8 Å². The van der Waals surface area contributed by atoms with Crippen LogP contribution in [0.2, 0.25) is 0 Å². The summed E-state index contributed by atoms with van der Waals surface area (Å²) in [4.78, 5) is 23.7. The quantitative estimate of drug-likeness (QED) is 0.846. The summed E-state index contributed by atoms with van der Waals surface area (Å²) >= 11 is 1.47. The van der Waals surface area contributed by atoms with Crippen molar-refractivity contribution >= 4 is 28.1 Å². The van der Waals surface area contributed by atoms with Gasteiger partial charge in [-0.05, 0) is 31.4 Å². The van der Waals surface area contributed by atoms with Crippen LogP contribution in [0, 0.1) is 0 Å². The van der Waals surface area contributed by atoms with E-state index in [1.54, 1.807) is 12.3 Å². The first kappa shape index (κ1) is 19.3. The predicted molar refractivity (Wildman–Crippen MR) is 109 cm³/mol. The van der Waals surface area contributed by atoms with Crippen LogP contribution < -0.4 is 10.2 Å². The van der Waals surface area contributed by atoms with Crippen LogP contribution in [0.25, 0.3) is 0 Å². The van der Waals surface area contributed by atoms with Crippen molar-refractivity contribution in [3.63, 3.8) is 0 Å². The van der Waals surface area contributed by atoms with Crippen LogP contribution in [0.15, 0.2) is 23.7 Å². The van der Waals surface area contributed by atoms with Gasteiger partial charge in [0.1, 0.15) is 5.69 Å². The molecule has 0 aromatic carbocycles. The maximum absolute atomic E-state index is 12.5. The van der Waals surface area contributed by atoms with Gasteiger partial charge < -0.3 is 14.4 Å². The van der Waals surface area contributed by atoms with Gasteiger partial charge in [0.15, 0.2) is 5.13 Å². The number of hydrogen-bond donors (Lipinski definition) is 1. The number of amides is 1. The summed E-state index contributed by atoms with van der Waals surface area (Å²) in [6.07, 6.45) is 6.13. The van der Waals surface area contributed by atoms with E-state index in [0.29, 0.717) is 16.7 Å². The Morgan fingerprint density at radius 2 is 1.96 bits per heavy atom. The van der Waals surface area contributed by atoms with Gasteiger partial charge in [0.2, 0.25) is 0 Å². The van der Waals surface area contributed by atoms with Gasteiger partial charge in [-0.15, -0.1) is 11.3 Å². The van der Waals surface area contributed by atoms with Crippen LogP contribution in [0.3, 0.4) is 0 Å². The van der Waals surface area contributed by atoms with E-state index < -0.39 is 0 Å². The number of nitrogens with zero attached hydrogens (tertiary/aromatic N) is 3. The Labute approximate surface area is 169 Å². The fourth-order valence-electron chi connectivity index (χ4n) is 3.58. The van der Waals surface area contributed by atoms with Crippen molar-refractivity contribution < 1.29 is 14.3 Å². The number of hydrogen-bond acceptors (Lipinski definition) is 7. The highest BCUT2D eigenvalue weighted by Crippen LogP contribution is 2.30. The van der Waals surface area contributed by atoms with Crippen molar-refractivity contribution in [1.29, 1.82) is 0 Å². The molecule has 0 saturated carbocycles. The highest BCUT2D eigenvalue weighted by Gasteiger charge is 2.18. The third-order valence-electron chi connectivity index (χ3n) is 5.22. The van der Waals surface area contributed by atoms with E-state index in [0.717, 1.165) is 76.6 Å². The zero-order valence-electron chi connectivity index (χ0n) is 15.9. The zero-order chi connectivity index (χ0) is 19.2. The normalized spacial score (nSPS) is 21.0. The minimum atomic E-state index is -0.226. The zero-order valence-corrected chi connectivity index (χ0v) is 16.7. The molecule has 150 valence electrons. The summed E-state index contributed by atoms with van der Waals surface area (Å²) < 4.78 is 11.0. The van der Waals surface area contributed by atoms with E-state index in [4.69, 9.17) is 9.47 Å². The lowest BCUT2D eigenvalue weighted by molar-refractivity contribution is 0.102. The number of morpholine rings is 1. The van der Waals surface area contributed by atoms with Crippen LogP contribution in [-0.2, 0) is 9.47 Å². The molecule has 28 heavy (non-hydrogen) atoms. The van der Waals surface area contributed by atoms with Crippen LogP contribution in [0.4, 0.5) is 10.8 Å². The minimum absolute atomic E-state index is 0.226. The number of rotatable bonds is 4. The second-order valence-corrected chi connectivity index (χ2v) is 7.98. The van der Waals surface area contributed by atoms with E-state index in [1.807, 2.05) is 6.07 Å². The average Bonchev–Trinajstić information content (AvgIpc) is 3.17. The summed E-state index contributed by atoms with van der Waals surface area (Å²) in [5.41, 5.74) is 2.47. The van der Waals surface area contributed by atoms with E-state index in [-0.39, 0.29) is 5.91 Å². The van der Waals surface area contributed by atoms with Crippen molar-refractivity contribution in [2.24, 2.45) is 0 Å². The summed E-state index contributed by atoms with van der Waals surface area (Å²) in [6, 6.07) is 3.70. The minimum Gasteiger partial charge on any atom is -0.381 e. The molecule has 4 heterocycles. The molecule has 0 spiro atoms. The van der Waals surface area contributed by atoms with Gasteiger partial charge in [-0.1, -0.05) is 6.42 Å². The van der Waals surface area contributed by atoms with E-state index >= 15 is 0 Å². The number of ether oxygens (including phenoxy) is 2. The topological polar surface area (TPSA) is 76.6 Å². The Morgan fingerprint density at radius 3 is 2.79 bits per heavy atom. The van der Waals surface area contributed by atoms with Gasteiger partial charge in [-0.2, -0.15) is 0 Å². The van der Waals surface area contributed by atoms with Crippen LogP contribution in [0.5, 0.6) is 0 Å². The molecule has 2 aromatic rings. The molecule has 0 bridgehead atoms. The SMILES string of the molecule is O=C(Nc1nc(C2CCCCOCC2)cs1)c1ccc(N2CCOCC2)cn1. The Hall–Kier alpha value is -2.03. The first-order chi connectivity index (χ1) is 13.8. The number of carbonyl (C=O) groups is 1. The monoisotopic (exact) mass is 402 g/mol. The van der Waals surface area contributed by atoms with Gasteiger partial charge in [0, 0.05) is 37.6 Å². The van der Waals surface area contributed by atoms with Gasteiger partial charge in [-0.25, -0.2) is 9.97 Å². The van der Waals surface area contributed by atoms with Crippen molar-refractivity contribution in [2.45, 2.75) is 31.6 Å². The maximum Gasteiger partial charge on any atom is 0.276 e. The fourth-order valence-corrected chi connectivity index (χ4v) is 4.37. The van der Waals surface area contributed by atoms with Crippen molar-refractivity contribution in [3.8, 4) is 0 Å². The smallest absolute Gasteiger partial charge is 0.276 e. The number of carbonyl (C=O) groups excluding carboxylic acids is 1. The molecule has 2 aromatic heterocycles. The lowest BCUT2D eigenvalue weighted by atomic mass is 9.95. The van der Waals surface area contributed by atoms with Crippen LogP contribution in [-0.4, -0.2) is 55.4 Å². The fraction of sp³-hybridized carbons (Fsp3) is 0.550. The molecular formula is C20H26N4O3S. The molecule has 1 N–H and O–H groups in total. The van der Waals surface area contributed by atoms with Crippen molar-refractivity contribution in [2.75, 3.05) is 49.7 Å². The van der Waals surface area contributed by atoms with Gasteiger partial charge in [0.25, 0.3) is 5.91 Å². The predicted octanol–water partition coefficient (Wildman–Crippen LogP) is 3.30. The standard InChI is InChI=1S/C20H26N4O3S/c25-19(17-5-4-16(13-21-17)24-7-11-27-12-8-24)23-20-22-18(14-28-20)15-3-1-2-9-26-10-6-15/h4-5,13-15H,1-3,6-12H2,(H,22,23,25). The molecular weight excluding hydrogens is 376 g/mol. The van der Waals surface area contributed by atoms with E-state index in [1.165, 1.54) is 11.3 Å². The molecule has 2 aliphatic heterocycles. The highest BCUT2D eigenvalue weighted by atomic mass is 32.1. The Balaban J connectivity index is 1.36. The van der Waals surface area contributed by atoms with Crippen molar-refractivity contribution in [1.82, 2.24) is 9.97 Å². The van der Waals surface area contributed by atoms with E-state index in [9.17, 15) is 4.79 Å². The summed E-state index contributed by atoms with van der Waals surface area (Å²) in [6.45, 7) is 4.79. The maximum atomic E-state index is 12.5. The highest BCUT2D eigenvalue weighted by molar-refractivity contribution is 7.14. The third-order valence-corrected chi connectivity index (χ3v) is 6.00. The van der Waals surface area contributed by atoms with Crippen LogP contribution >= 0.6 is 11.3 Å². The number of pyridine rings is 1. The second kappa shape index (κ2) is 9.45. The first-order valence-corrected chi connectivity index (χ1v) is 10.8. The molecule has 0 radical (unpaired) electrons. The van der Waals surface area contributed by atoms with Crippen molar-refractivity contribution in [3.05, 3.63) is 35.1 Å². The summed E-state index contributed by atoms with van der Waals surface area (Å²) in [5, 5.41) is 5.57. The summed E-state index contributed by atoms with van der Waals surface area (Å²) in [5.74, 6) is 0.184. The lowest BCUT2D eigenvalue weighted by Crippen LogP contribution is -2.36. The molecule has 7 nitrogen and oxygen atoms in total. The molecule has 1 unspecified atom stereocenters. The molecule has 1 atom stereocenters. The molecule has 2 saturated heterocycles. The Bertz CT molecular complexity index is 766. The number of thiazole rings is 1. The lowest BCUT2D eigenvalue weighted by Gasteiger charge is -2.28. The molecule has 8 heteroatoms. The van der Waals surface area contributed by atoms with E-state index in [2.05, 4.69) is 25.6 Å². The molecule has 2 fully saturated rings. The first-order valence-electron chi connectivity index (χ1n) is 9.93. The molecule has 4 rings (SSSR count). The van der Waals surface area contributed by atoms with Gasteiger partial charge in [-0.3, -0.25) is 10.1 Å². The average molecular weight is 403 g/mol. The molecule has 0 aliphatic carbocycles.